The van der Waals surface area contributed by atoms with Gasteiger partial charge in [0, 0.05) is 0 Å². The van der Waals surface area contributed by atoms with Gasteiger partial charge in [-0.25, -0.2) is 57.5 Å². The van der Waals surface area contributed by atoms with E-state index in [1.807, 2.05) is 0 Å². The zero-order valence-corrected chi connectivity index (χ0v) is 45.9. The second kappa shape index (κ2) is 37.0. The van der Waals surface area contributed by atoms with Crippen molar-refractivity contribution in [3.63, 3.8) is 0 Å². The number of ketones is 2. The van der Waals surface area contributed by atoms with Crippen LogP contribution < -0.4 is 0 Å². The molecule has 0 aliphatic heterocycles. The maximum atomic E-state index is 13.6. The van der Waals surface area contributed by atoms with Crippen molar-refractivity contribution in [1.82, 2.24) is 0 Å². The number of hydrogen-bond acceptors (Lipinski definition) is 28. The summed E-state index contributed by atoms with van der Waals surface area (Å²) in [7, 11) is 0. The van der Waals surface area contributed by atoms with Crippen LogP contribution in [0.5, 0.6) is 0 Å². The summed E-state index contributed by atoms with van der Waals surface area (Å²) in [6.07, 6.45) is -0.626. The first-order valence-electron chi connectivity index (χ1n) is 24.2. The summed E-state index contributed by atoms with van der Waals surface area (Å²) in [5, 5.41) is 0. The molecular formula is C53H66O28. The van der Waals surface area contributed by atoms with E-state index in [4.69, 9.17) is 66.3 Å². The predicted molar refractivity (Wildman–Crippen MR) is 271 cm³/mol. The average Bonchev–Trinajstić information content (AvgIpc) is 3.44. The Hall–Kier alpha value is -8.92. The van der Waals surface area contributed by atoms with Crippen molar-refractivity contribution in [3.8, 4) is 0 Å². The molecule has 0 bridgehead atoms. The van der Waals surface area contributed by atoms with Gasteiger partial charge in [0.05, 0.1) is 81.4 Å². The Kier molecular flexibility index (Phi) is 33.0. The Bertz CT molecular complexity index is 2400. The monoisotopic (exact) mass is 1150 g/mol. The topological polar surface area (TPSA) is 368 Å². The summed E-state index contributed by atoms with van der Waals surface area (Å²) in [4.78, 5) is 178. The molecule has 0 aromatic heterocycles. The highest BCUT2D eigenvalue weighted by Crippen LogP contribution is 2.28. The Morgan fingerprint density at radius 3 is 0.704 bits per heavy atom. The Morgan fingerprint density at radius 1 is 0.259 bits per heavy atom. The van der Waals surface area contributed by atoms with Gasteiger partial charge in [0.2, 0.25) is 0 Å². The Morgan fingerprint density at radius 2 is 0.457 bits per heavy atom. The van der Waals surface area contributed by atoms with Crippen LogP contribution in [-0.2, 0) is 133 Å². The predicted octanol–water partition coefficient (Wildman–Crippen LogP) is 1.05. The number of carbonyl (C=O) groups is 14. The largest absolute Gasteiger partial charge is 0.462 e. The van der Waals surface area contributed by atoms with Gasteiger partial charge < -0.3 is 66.3 Å². The van der Waals surface area contributed by atoms with E-state index in [9.17, 15) is 67.1 Å². The van der Waals surface area contributed by atoms with Crippen LogP contribution in [0, 0.1) is 10.8 Å². The van der Waals surface area contributed by atoms with E-state index >= 15 is 0 Å². The number of hydrogen-bond donors (Lipinski definition) is 0. The average molecular weight is 1150 g/mol. The third kappa shape index (κ3) is 25.2. The van der Waals surface area contributed by atoms with Crippen molar-refractivity contribution < 1.29 is 133 Å². The van der Waals surface area contributed by atoms with Crippen molar-refractivity contribution in [2.45, 2.75) is 48.0 Å². The highest BCUT2D eigenvalue weighted by Gasteiger charge is 2.41. The van der Waals surface area contributed by atoms with Crippen LogP contribution in [0.3, 0.4) is 0 Å². The molecule has 0 spiro atoms. The van der Waals surface area contributed by atoms with Crippen molar-refractivity contribution >= 4 is 83.2 Å². The van der Waals surface area contributed by atoms with Gasteiger partial charge in [-0.2, -0.15) is 0 Å². The molecule has 28 nitrogen and oxygen atoms in total. The lowest BCUT2D eigenvalue weighted by Gasteiger charge is -2.32. The summed E-state index contributed by atoms with van der Waals surface area (Å²) in [5.41, 5.74) is -9.88. The van der Waals surface area contributed by atoms with Gasteiger partial charge in [-0.1, -0.05) is 46.1 Å². The van der Waals surface area contributed by atoms with Gasteiger partial charge in [-0.05, 0) is 48.0 Å². The van der Waals surface area contributed by atoms with E-state index in [-0.39, 0.29) is 39.6 Å². The fourth-order valence-electron chi connectivity index (χ4n) is 5.42. The second-order valence-corrected chi connectivity index (χ2v) is 16.3. The molecule has 0 aromatic carbocycles. The van der Waals surface area contributed by atoms with Crippen LogP contribution >= 0.6 is 0 Å². The zero-order valence-electron chi connectivity index (χ0n) is 45.9. The molecule has 0 saturated carbocycles. The summed E-state index contributed by atoms with van der Waals surface area (Å²) >= 11 is 0. The fourth-order valence-corrected chi connectivity index (χ4v) is 5.42. The summed E-state index contributed by atoms with van der Waals surface area (Å²) < 4.78 is 71.4. The molecule has 0 N–H and O–H groups in total. The summed E-state index contributed by atoms with van der Waals surface area (Å²) in [6, 6.07) is 0. The van der Waals surface area contributed by atoms with E-state index < -0.39 is 206 Å². The summed E-state index contributed by atoms with van der Waals surface area (Å²) in [5.74, 6) is -17.8. The summed E-state index contributed by atoms with van der Waals surface area (Å²) in [6.45, 7) is 21.5. The first-order valence-corrected chi connectivity index (χ1v) is 24.2. The molecule has 0 aromatic rings. The third-order valence-electron chi connectivity index (χ3n) is 9.98. The van der Waals surface area contributed by atoms with E-state index in [2.05, 4.69) is 46.1 Å². The van der Waals surface area contributed by atoms with Gasteiger partial charge in [-0.15, -0.1) is 0 Å². The number of rotatable bonds is 41. The molecule has 0 fully saturated rings. The number of esters is 12. The van der Waals surface area contributed by atoms with Crippen LogP contribution in [-0.4, -0.2) is 189 Å². The van der Waals surface area contributed by atoms with Crippen molar-refractivity contribution in [2.24, 2.45) is 10.8 Å². The van der Waals surface area contributed by atoms with E-state index in [1.54, 1.807) is 0 Å². The molecule has 0 aliphatic rings. The van der Waals surface area contributed by atoms with Crippen molar-refractivity contribution in [3.05, 3.63) is 85.1 Å². The van der Waals surface area contributed by atoms with Gasteiger partial charge >= 0.3 is 71.6 Å². The first-order chi connectivity index (χ1) is 38.1. The molecule has 0 radical (unpaired) electrons. The van der Waals surface area contributed by atoms with Crippen molar-refractivity contribution in [1.29, 1.82) is 0 Å². The smallest absolute Gasteiger partial charge is 0.344 e. The standard InChI is InChI=1S/C53H66O28/c1-14-70-40(56)31(7)38(54)22-68-24-52(26-77-47(63)33(9)42(58)72-16-3,27-78-48(64)34(10)43(59)73-17-4)20-21-76-46(62)37(13)51(67)81-30-53(28-79-49(65)35(11)44(60)74-18-5,29-80-50(66)36(12)45(61)75-19-6)25-69-23-39(55)32(8)41(57)71-15-2/h7-30H2,1-6H3. The minimum Gasteiger partial charge on any atom is -0.462 e. The fraction of sp³-hybridized carbons (Fsp3) is 0.472. The molecular weight excluding hydrogens is 1080 g/mol. The SMILES string of the molecule is C=C(C(=O)COCC(CCOC(=O)C(=C)C(=O)OCC(COCC(=O)C(=C)C(=O)OCC)(COC(=O)C(=C)C(=O)OCC)COC(=O)C(=C)C(=O)OCC)(COC(=O)C(=C)C(=O)OCC)COC(=O)C(=C)C(=O)OCC)C(=O)OCC. The molecule has 28 heteroatoms. The van der Waals surface area contributed by atoms with Crippen molar-refractivity contribution in [2.75, 3.05) is 106 Å². The molecule has 0 heterocycles. The van der Waals surface area contributed by atoms with E-state index in [1.165, 1.54) is 41.5 Å². The highest BCUT2D eigenvalue weighted by atomic mass is 16.6. The molecule has 81 heavy (non-hydrogen) atoms. The van der Waals surface area contributed by atoms with Crippen LogP contribution in [0.4, 0.5) is 0 Å². The maximum Gasteiger partial charge on any atom is 0.344 e. The lowest BCUT2D eigenvalue weighted by Crippen LogP contribution is -2.44. The number of Topliss-reactive ketones (excluding diaryl/α,β-unsaturated/α-hetero) is 2. The lowest BCUT2D eigenvalue weighted by atomic mass is 9.87. The third-order valence-corrected chi connectivity index (χ3v) is 9.98. The van der Waals surface area contributed by atoms with Gasteiger partial charge in [0.1, 0.15) is 74.1 Å². The Labute approximate surface area is 465 Å². The van der Waals surface area contributed by atoms with Gasteiger partial charge in [0.25, 0.3) is 0 Å². The molecule has 0 unspecified atom stereocenters. The maximum absolute atomic E-state index is 13.6. The van der Waals surface area contributed by atoms with Crippen LogP contribution in [0.15, 0.2) is 85.1 Å². The highest BCUT2D eigenvalue weighted by molar-refractivity contribution is 6.18. The molecule has 446 valence electrons. The molecule has 0 atom stereocenters. The van der Waals surface area contributed by atoms with Crippen LogP contribution in [0.1, 0.15) is 48.0 Å². The van der Waals surface area contributed by atoms with Gasteiger partial charge in [-0.3, -0.25) is 9.59 Å². The van der Waals surface area contributed by atoms with Crippen LogP contribution in [0.2, 0.25) is 0 Å². The van der Waals surface area contributed by atoms with Crippen LogP contribution in [0.25, 0.3) is 0 Å². The lowest BCUT2D eigenvalue weighted by molar-refractivity contribution is -0.166. The molecule has 0 rings (SSSR count). The second-order valence-electron chi connectivity index (χ2n) is 16.3. The Balaban J connectivity index is 7.23. The minimum absolute atomic E-state index is 0.124. The first kappa shape index (κ1) is 72.1. The normalized spacial score (nSPS) is 10.6. The zero-order chi connectivity index (χ0) is 62.0. The number of carbonyl (C=O) groups excluding carboxylic acids is 14. The van der Waals surface area contributed by atoms with E-state index in [0.29, 0.717) is 0 Å². The molecule has 0 saturated heterocycles. The van der Waals surface area contributed by atoms with E-state index in [0.717, 1.165) is 0 Å². The molecule has 0 aliphatic carbocycles. The quantitative estimate of drug-likeness (QED) is 0.0271. The molecule has 0 amide bonds. The van der Waals surface area contributed by atoms with Gasteiger partial charge in [0.15, 0.2) is 11.6 Å². The minimum atomic E-state index is -2.18. The number of ether oxygens (including phenoxy) is 14.